The Morgan fingerprint density at radius 3 is 2.40 bits per heavy atom. The van der Waals surface area contributed by atoms with Crippen molar-refractivity contribution in [2.45, 2.75) is 6.54 Å². The molecule has 1 aromatic rings. The van der Waals surface area contributed by atoms with Crippen LogP contribution in [0.4, 0.5) is 4.79 Å². The summed E-state index contributed by atoms with van der Waals surface area (Å²) in [6, 6.07) is 9.08. The lowest BCUT2D eigenvalue weighted by molar-refractivity contribution is 0.135. The molecule has 0 fully saturated rings. The highest BCUT2D eigenvalue weighted by molar-refractivity contribution is 7.87. The maximum Gasteiger partial charge on any atom is 0.424 e. The molecule has 1 rings (SSSR count). The van der Waals surface area contributed by atoms with Crippen LogP contribution in [0.2, 0.25) is 0 Å². The molecule has 0 aliphatic carbocycles. The van der Waals surface area contributed by atoms with E-state index in [1.807, 2.05) is 18.2 Å². The van der Waals surface area contributed by atoms with Crippen LogP contribution in [-0.4, -0.2) is 49.7 Å². The Hall–Kier alpha value is -1.31. The molecular weight excluding hydrogens is 304 g/mol. The summed E-state index contributed by atoms with van der Waals surface area (Å²) in [6.07, 6.45) is -0.953. The van der Waals surface area contributed by atoms with Gasteiger partial charge in [0.25, 0.3) is 0 Å². The van der Waals surface area contributed by atoms with Gasteiger partial charge in [0.1, 0.15) is 6.61 Å². The van der Waals surface area contributed by atoms with Crippen molar-refractivity contribution >= 4 is 27.9 Å². The minimum Gasteiger partial charge on any atom is -0.447 e. The lowest BCUT2D eigenvalue weighted by Gasteiger charge is -2.23. The van der Waals surface area contributed by atoms with Crippen molar-refractivity contribution in [2.24, 2.45) is 0 Å². The third-order valence-corrected chi connectivity index (χ3v) is 4.46. The third kappa shape index (κ3) is 4.36. The third-order valence-electron chi connectivity index (χ3n) is 2.55. The number of rotatable bonds is 6. The second kappa shape index (κ2) is 7.47. The number of carbonyl (C=O) groups excluding carboxylic acids is 1. The van der Waals surface area contributed by atoms with Crippen LogP contribution in [0.15, 0.2) is 30.3 Å². The Morgan fingerprint density at radius 2 is 1.85 bits per heavy atom. The summed E-state index contributed by atoms with van der Waals surface area (Å²) in [5.41, 5.74) is 0.820. The molecule has 0 aliphatic heterocycles. The average Bonchev–Trinajstić information content (AvgIpc) is 2.44. The van der Waals surface area contributed by atoms with Gasteiger partial charge in [-0.15, -0.1) is 11.6 Å². The van der Waals surface area contributed by atoms with Gasteiger partial charge in [0.15, 0.2) is 0 Å². The second-order valence-electron chi connectivity index (χ2n) is 4.02. The van der Waals surface area contributed by atoms with E-state index in [-0.39, 0.29) is 19.0 Å². The molecule has 0 N–H and O–H groups in total. The Kier molecular flexibility index (Phi) is 6.25. The number of alkyl halides is 1. The maximum absolute atomic E-state index is 12.2. The summed E-state index contributed by atoms with van der Waals surface area (Å²) in [5.74, 6) is 0.111. The van der Waals surface area contributed by atoms with Crippen molar-refractivity contribution in [1.82, 2.24) is 8.61 Å². The molecule has 1 aromatic carbocycles. The molecule has 0 aromatic heterocycles. The molecule has 0 radical (unpaired) electrons. The van der Waals surface area contributed by atoms with Crippen molar-refractivity contribution in [3.8, 4) is 0 Å². The van der Waals surface area contributed by atoms with Gasteiger partial charge in [-0.2, -0.15) is 17.0 Å². The number of hydrogen-bond acceptors (Lipinski definition) is 4. The van der Waals surface area contributed by atoms with Gasteiger partial charge in [0, 0.05) is 20.6 Å². The van der Waals surface area contributed by atoms with Crippen LogP contribution in [-0.2, 0) is 21.5 Å². The van der Waals surface area contributed by atoms with Gasteiger partial charge in [-0.05, 0) is 5.56 Å². The first kappa shape index (κ1) is 16.7. The van der Waals surface area contributed by atoms with E-state index in [1.54, 1.807) is 12.1 Å². The van der Waals surface area contributed by atoms with E-state index in [9.17, 15) is 13.2 Å². The number of ether oxygens (including phenoxy) is 1. The standard InChI is InChI=1S/C12H17ClN2O4S/c1-14(10-11-6-4-3-5-7-11)20(17,18)15(2)12(16)19-9-8-13/h3-7H,8-10H2,1-2H3. The maximum atomic E-state index is 12.2. The zero-order valence-corrected chi connectivity index (χ0v) is 12.9. The Bertz CT molecular complexity index is 536. The van der Waals surface area contributed by atoms with E-state index >= 15 is 0 Å². The minimum atomic E-state index is -3.92. The average molecular weight is 321 g/mol. The number of halogens is 1. The topological polar surface area (TPSA) is 66.9 Å². The number of benzene rings is 1. The minimum absolute atomic E-state index is 0.0390. The molecule has 0 spiro atoms. The highest BCUT2D eigenvalue weighted by Gasteiger charge is 2.28. The van der Waals surface area contributed by atoms with Crippen LogP contribution >= 0.6 is 11.6 Å². The molecule has 0 saturated carbocycles. The van der Waals surface area contributed by atoms with Crippen LogP contribution in [0.3, 0.4) is 0 Å². The summed E-state index contributed by atoms with van der Waals surface area (Å²) >= 11 is 5.38. The first-order chi connectivity index (χ1) is 9.39. The van der Waals surface area contributed by atoms with Crippen molar-refractivity contribution in [1.29, 1.82) is 0 Å². The zero-order chi connectivity index (χ0) is 15.2. The lowest BCUT2D eigenvalue weighted by atomic mass is 10.2. The number of hydrogen-bond donors (Lipinski definition) is 0. The van der Waals surface area contributed by atoms with E-state index in [1.165, 1.54) is 7.05 Å². The van der Waals surface area contributed by atoms with Crippen molar-refractivity contribution in [2.75, 3.05) is 26.6 Å². The van der Waals surface area contributed by atoms with E-state index in [0.717, 1.165) is 16.9 Å². The van der Waals surface area contributed by atoms with Gasteiger partial charge in [-0.1, -0.05) is 30.3 Å². The Balaban J connectivity index is 2.74. The fraction of sp³-hybridized carbons (Fsp3) is 0.417. The number of nitrogens with zero attached hydrogens (tertiary/aromatic N) is 2. The van der Waals surface area contributed by atoms with Gasteiger partial charge >= 0.3 is 16.3 Å². The van der Waals surface area contributed by atoms with E-state index in [0.29, 0.717) is 4.31 Å². The van der Waals surface area contributed by atoms with Crippen LogP contribution in [0.5, 0.6) is 0 Å². The highest BCUT2D eigenvalue weighted by atomic mass is 35.5. The number of amides is 1. The van der Waals surface area contributed by atoms with Crippen molar-refractivity contribution in [3.05, 3.63) is 35.9 Å². The van der Waals surface area contributed by atoms with Crippen LogP contribution in [0.1, 0.15) is 5.56 Å². The van der Waals surface area contributed by atoms with Gasteiger partial charge in [-0.25, -0.2) is 4.79 Å². The predicted octanol–water partition coefficient (Wildman–Crippen LogP) is 1.67. The fourth-order valence-corrected chi connectivity index (χ4v) is 2.49. The predicted molar refractivity (Wildman–Crippen MR) is 76.7 cm³/mol. The molecule has 0 heterocycles. The summed E-state index contributed by atoms with van der Waals surface area (Å²) < 4.78 is 30.6. The molecule has 112 valence electrons. The molecule has 0 atom stereocenters. The lowest BCUT2D eigenvalue weighted by Crippen LogP contribution is -2.42. The molecule has 6 nitrogen and oxygen atoms in total. The van der Waals surface area contributed by atoms with Gasteiger partial charge in [-0.3, -0.25) is 0 Å². The van der Waals surface area contributed by atoms with Gasteiger partial charge in [0.05, 0.1) is 5.88 Å². The first-order valence-corrected chi connectivity index (χ1v) is 7.79. The quantitative estimate of drug-likeness (QED) is 0.748. The van der Waals surface area contributed by atoms with Crippen molar-refractivity contribution < 1.29 is 17.9 Å². The van der Waals surface area contributed by atoms with Crippen LogP contribution in [0.25, 0.3) is 0 Å². The molecule has 20 heavy (non-hydrogen) atoms. The Labute approximate surface area is 124 Å². The van der Waals surface area contributed by atoms with Gasteiger partial charge < -0.3 is 4.74 Å². The molecule has 0 saturated heterocycles. The Morgan fingerprint density at radius 1 is 1.25 bits per heavy atom. The first-order valence-electron chi connectivity index (χ1n) is 5.86. The molecule has 0 unspecified atom stereocenters. The smallest absolute Gasteiger partial charge is 0.424 e. The van der Waals surface area contributed by atoms with E-state index in [2.05, 4.69) is 4.74 Å². The van der Waals surface area contributed by atoms with E-state index < -0.39 is 16.3 Å². The summed E-state index contributed by atoms with van der Waals surface area (Å²) in [5, 5.41) is 0. The fourth-order valence-electron chi connectivity index (χ4n) is 1.44. The largest absolute Gasteiger partial charge is 0.447 e. The van der Waals surface area contributed by atoms with Crippen LogP contribution < -0.4 is 0 Å². The summed E-state index contributed by atoms with van der Waals surface area (Å²) in [4.78, 5) is 11.5. The van der Waals surface area contributed by atoms with Crippen molar-refractivity contribution in [3.63, 3.8) is 0 Å². The molecular formula is C12H17ClN2O4S. The van der Waals surface area contributed by atoms with E-state index in [4.69, 9.17) is 11.6 Å². The SMILES string of the molecule is CN(Cc1ccccc1)S(=O)(=O)N(C)C(=O)OCCCl. The normalized spacial score (nSPS) is 11.4. The van der Waals surface area contributed by atoms with Gasteiger partial charge in [0.2, 0.25) is 0 Å². The molecule has 0 bridgehead atoms. The summed E-state index contributed by atoms with van der Waals surface area (Å²) in [7, 11) is -1.38. The molecule has 8 heteroatoms. The second-order valence-corrected chi connectivity index (χ2v) is 6.46. The van der Waals surface area contributed by atoms with Crippen LogP contribution in [0, 0.1) is 0 Å². The highest BCUT2D eigenvalue weighted by Crippen LogP contribution is 2.11. The zero-order valence-electron chi connectivity index (χ0n) is 11.3. The number of carbonyl (C=O) groups is 1. The summed E-state index contributed by atoms with van der Waals surface area (Å²) in [6.45, 7) is 0.124. The molecule has 1 amide bonds. The molecule has 0 aliphatic rings. The monoisotopic (exact) mass is 320 g/mol.